The summed E-state index contributed by atoms with van der Waals surface area (Å²) < 4.78 is 7.59. The van der Waals surface area contributed by atoms with E-state index in [1.54, 1.807) is 0 Å². The van der Waals surface area contributed by atoms with Gasteiger partial charge in [-0.15, -0.1) is 0 Å². The maximum Gasteiger partial charge on any atom is 0.182 e. The van der Waals surface area contributed by atoms with Crippen LogP contribution in [-0.2, 0) is 0 Å². The molecule has 4 nitrogen and oxygen atoms in total. The molecule has 0 unspecified atom stereocenters. The molecule has 114 valence electrons. The van der Waals surface area contributed by atoms with Crippen LogP contribution in [0.5, 0.6) is 0 Å². The van der Waals surface area contributed by atoms with E-state index < -0.39 is 0 Å². The lowest BCUT2D eigenvalue weighted by Crippen LogP contribution is -2.01. The van der Waals surface area contributed by atoms with Gasteiger partial charge >= 0.3 is 0 Å². The Labute approximate surface area is 134 Å². The number of rotatable bonds is 2. The molecule has 0 radical (unpaired) electrons. The van der Waals surface area contributed by atoms with Crippen molar-refractivity contribution in [3.63, 3.8) is 0 Å². The summed E-state index contributed by atoms with van der Waals surface area (Å²) in [6.07, 6.45) is 3.55. The number of hydrogen-bond acceptors (Lipinski definition) is 3. The van der Waals surface area contributed by atoms with Crippen molar-refractivity contribution in [1.29, 1.82) is 0 Å². The lowest BCUT2D eigenvalue weighted by molar-refractivity contribution is 0.602. The average Bonchev–Trinajstić information content (AvgIpc) is 3.13. The van der Waals surface area contributed by atoms with Gasteiger partial charge < -0.3 is 4.42 Å². The molecule has 2 aromatic carbocycles. The normalized spacial score (nSPS) is 11.3. The fourth-order valence-corrected chi connectivity index (χ4v) is 3.11. The van der Waals surface area contributed by atoms with Gasteiger partial charge in [-0.3, -0.25) is 4.57 Å². The molecule has 4 aromatic rings. The van der Waals surface area contributed by atoms with Crippen molar-refractivity contribution in [2.24, 2.45) is 0 Å². The minimum atomic E-state index is 0.774. The Morgan fingerprint density at radius 3 is 2.48 bits per heavy atom. The van der Waals surface area contributed by atoms with Gasteiger partial charge in [-0.05, 0) is 44.0 Å². The largest absolute Gasteiger partial charge is 0.443 e. The highest BCUT2D eigenvalue weighted by Gasteiger charge is 2.16. The van der Waals surface area contributed by atoms with Gasteiger partial charge in [0.2, 0.25) is 0 Å². The minimum absolute atomic E-state index is 0.774. The first kappa shape index (κ1) is 13.8. The van der Waals surface area contributed by atoms with E-state index in [2.05, 4.69) is 47.8 Å². The quantitative estimate of drug-likeness (QED) is 0.543. The smallest absolute Gasteiger partial charge is 0.182 e. The van der Waals surface area contributed by atoms with E-state index in [1.807, 2.05) is 25.1 Å². The van der Waals surface area contributed by atoms with Crippen molar-refractivity contribution in [3.05, 3.63) is 65.8 Å². The van der Waals surface area contributed by atoms with Crippen molar-refractivity contribution in [2.75, 3.05) is 0 Å². The minimum Gasteiger partial charge on any atom is -0.443 e. The third kappa shape index (κ3) is 2.14. The number of para-hydroxylation sites is 2. The molecule has 0 aliphatic heterocycles. The summed E-state index contributed by atoms with van der Waals surface area (Å²) in [5.74, 6) is 0.888. The molecule has 0 atom stereocenters. The maximum absolute atomic E-state index is 5.43. The molecule has 23 heavy (non-hydrogen) atoms. The first-order valence-electron chi connectivity index (χ1n) is 7.60. The molecule has 0 bridgehead atoms. The number of fused-ring (bicyclic) bond motifs is 1. The second-order valence-corrected chi connectivity index (χ2v) is 5.82. The van der Waals surface area contributed by atoms with Crippen LogP contribution in [0, 0.1) is 20.8 Å². The van der Waals surface area contributed by atoms with Crippen molar-refractivity contribution in [3.8, 4) is 17.1 Å². The molecule has 2 heterocycles. The lowest BCUT2D eigenvalue weighted by atomic mass is 10.1. The lowest BCUT2D eigenvalue weighted by Gasteiger charge is -2.14. The Morgan fingerprint density at radius 2 is 1.70 bits per heavy atom. The van der Waals surface area contributed by atoms with Crippen molar-refractivity contribution in [2.45, 2.75) is 20.8 Å². The Bertz CT molecular complexity index is 990. The molecule has 4 heteroatoms. The van der Waals surface area contributed by atoms with E-state index in [1.165, 1.54) is 23.2 Å². The van der Waals surface area contributed by atoms with Gasteiger partial charge in [0.15, 0.2) is 12.0 Å². The summed E-state index contributed by atoms with van der Waals surface area (Å²) >= 11 is 0. The summed E-state index contributed by atoms with van der Waals surface area (Å²) in [6.45, 7) is 6.26. The van der Waals surface area contributed by atoms with Crippen LogP contribution < -0.4 is 0 Å². The molecule has 0 saturated carbocycles. The first-order valence-corrected chi connectivity index (χ1v) is 7.60. The number of hydrogen-bond donors (Lipinski definition) is 0. The molecule has 0 spiro atoms. The number of benzene rings is 2. The van der Waals surface area contributed by atoms with Crippen LogP contribution >= 0.6 is 0 Å². The predicted molar refractivity (Wildman–Crippen MR) is 90.8 cm³/mol. The molecule has 0 N–H and O–H groups in total. The summed E-state index contributed by atoms with van der Waals surface area (Å²) in [7, 11) is 0. The molecular formula is C19H17N3O. The van der Waals surface area contributed by atoms with Gasteiger partial charge in [-0.2, -0.15) is 0 Å². The molecule has 0 aliphatic rings. The second kappa shape index (κ2) is 5.09. The fourth-order valence-electron chi connectivity index (χ4n) is 3.11. The predicted octanol–water partition coefficient (Wildman–Crippen LogP) is 4.61. The average molecular weight is 303 g/mol. The van der Waals surface area contributed by atoms with Crippen molar-refractivity contribution >= 4 is 11.1 Å². The number of aryl methyl sites for hydroxylation is 3. The Balaban J connectivity index is 2.04. The van der Waals surface area contributed by atoms with E-state index in [0.717, 1.165) is 28.2 Å². The Kier molecular flexibility index (Phi) is 3.05. The van der Waals surface area contributed by atoms with Crippen LogP contribution in [0.1, 0.15) is 16.8 Å². The molecule has 0 saturated heterocycles. The number of aromatic nitrogens is 3. The zero-order valence-corrected chi connectivity index (χ0v) is 13.4. The SMILES string of the molecule is Cc1cn(-c2c(C)cccc2C)c(-c2cccc3ocnc23)n1. The zero-order valence-electron chi connectivity index (χ0n) is 13.4. The number of oxazole rings is 1. The first-order chi connectivity index (χ1) is 11.1. The molecular weight excluding hydrogens is 286 g/mol. The van der Waals surface area contributed by atoms with Crippen LogP contribution in [0.3, 0.4) is 0 Å². The van der Waals surface area contributed by atoms with E-state index in [-0.39, 0.29) is 0 Å². The number of imidazole rings is 1. The summed E-state index contributed by atoms with van der Waals surface area (Å²) in [5, 5.41) is 0. The highest BCUT2D eigenvalue weighted by molar-refractivity contribution is 5.89. The fraction of sp³-hybridized carbons (Fsp3) is 0.158. The van der Waals surface area contributed by atoms with E-state index in [0.29, 0.717) is 0 Å². The van der Waals surface area contributed by atoms with Crippen molar-refractivity contribution < 1.29 is 4.42 Å². The monoisotopic (exact) mass is 303 g/mol. The van der Waals surface area contributed by atoms with Crippen LogP contribution in [-0.4, -0.2) is 14.5 Å². The Morgan fingerprint density at radius 1 is 0.957 bits per heavy atom. The topological polar surface area (TPSA) is 43.9 Å². The molecule has 0 amide bonds. The van der Waals surface area contributed by atoms with E-state index in [4.69, 9.17) is 9.40 Å². The maximum atomic E-state index is 5.43. The van der Waals surface area contributed by atoms with Gasteiger partial charge in [0.1, 0.15) is 11.3 Å². The Hall–Kier alpha value is -2.88. The van der Waals surface area contributed by atoms with Gasteiger partial charge in [0, 0.05) is 11.8 Å². The molecule has 0 aliphatic carbocycles. The second-order valence-electron chi connectivity index (χ2n) is 5.82. The van der Waals surface area contributed by atoms with Gasteiger partial charge in [-0.1, -0.05) is 24.3 Å². The third-order valence-electron chi connectivity index (χ3n) is 4.11. The van der Waals surface area contributed by atoms with Crippen molar-refractivity contribution in [1.82, 2.24) is 14.5 Å². The van der Waals surface area contributed by atoms with Crippen LogP contribution in [0.25, 0.3) is 28.2 Å². The van der Waals surface area contributed by atoms with Crippen LogP contribution in [0.15, 0.2) is 53.4 Å². The van der Waals surface area contributed by atoms with Gasteiger partial charge in [0.05, 0.1) is 11.4 Å². The summed E-state index contributed by atoms with van der Waals surface area (Å²) in [5.41, 5.74) is 7.17. The van der Waals surface area contributed by atoms with Gasteiger partial charge in [-0.25, -0.2) is 9.97 Å². The van der Waals surface area contributed by atoms with Crippen LogP contribution in [0.4, 0.5) is 0 Å². The highest BCUT2D eigenvalue weighted by Crippen LogP contribution is 2.31. The number of nitrogens with zero attached hydrogens (tertiary/aromatic N) is 3. The molecule has 0 fully saturated rings. The zero-order chi connectivity index (χ0) is 16.0. The highest BCUT2D eigenvalue weighted by atomic mass is 16.3. The van der Waals surface area contributed by atoms with E-state index in [9.17, 15) is 0 Å². The van der Waals surface area contributed by atoms with Gasteiger partial charge in [0.25, 0.3) is 0 Å². The van der Waals surface area contributed by atoms with E-state index >= 15 is 0 Å². The summed E-state index contributed by atoms with van der Waals surface area (Å²) in [6, 6.07) is 12.3. The third-order valence-corrected chi connectivity index (χ3v) is 4.11. The standard InChI is InChI=1S/C19H17N3O/c1-12-6-4-7-13(2)18(12)22-10-14(3)21-19(22)15-8-5-9-16-17(15)20-11-23-16/h4-11H,1-3H3. The summed E-state index contributed by atoms with van der Waals surface area (Å²) in [4.78, 5) is 9.11. The molecule has 2 aromatic heterocycles. The van der Waals surface area contributed by atoms with Crippen LogP contribution in [0.2, 0.25) is 0 Å². The molecule has 4 rings (SSSR count).